The highest BCUT2D eigenvalue weighted by atomic mass is 32.2. The molecule has 0 spiro atoms. The monoisotopic (exact) mass is 457 g/mol. The summed E-state index contributed by atoms with van der Waals surface area (Å²) in [6.45, 7) is 0. The van der Waals surface area contributed by atoms with Crippen LogP contribution >= 0.6 is 34.4 Å². The molecule has 7 heteroatoms. The number of benzene rings is 2. The summed E-state index contributed by atoms with van der Waals surface area (Å²) in [5.41, 5.74) is 4.34. The van der Waals surface area contributed by atoms with Crippen molar-refractivity contribution in [3.8, 4) is 21.8 Å². The van der Waals surface area contributed by atoms with Crippen molar-refractivity contribution in [2.24, 2.45) is 0 Å². The van der Waals surface area contributed by atoms with Crippen molar-refractivity contribution in [3.05, 3.63) is 82.6 Å². The van der Waals surface area contributed by atoms with E-state index < -0.39 is 0 Å². The molecule has 1 aliphatic rings. The standard InChI is InChI=1S/C24H15N3OS3/c28-23(27-24-26-22-15-7-2-4-9-19(15)30-13-21(22)31-24)16-12-18(20-10-5-11-29-20)25-17-8-3-1-6-14(16)17/h1-12H,13H2,(H,26,27,28). The molecule has 1 amide bonds. The molecule has 31 heavy (non-hydrogen) atoms. The number of rotatable bonds is 3. The van der Waals surface area contributed by atoms with Gasteiger partial charge in [0.2, 0.25) is 0 Å². The maximum absolute atomic E-state index is 13.3. The number of pyridine rings is 1. The topological polar surface area (TPSA) is 54.9 Å². The Labute approximate surface area is 191 Å². The number of aromatic nitrogens is 2. The fourth-order valence-corrected chi connectivity index (χ4v) is 6.51. The molecule has 0 fully saturated rings. The van der Waals surface area contributed by atoms with E-state index in [1.54, 1.807) is 22.7 Å². The number of nitrogens with zero attached hydrogens (tertiary/aromatic N) is 2. The molecular formula is C24H15N3OS3. The van der Waals surface area contributed by atoms with Crippen molar-refractivity contribution >= 4 is 56.4 Å². The number of amides is 1. The molecule has 0 saturated heterocycles. The van der Waals surface area contributed by atoms with E-state index in [2.05, 4.69) is 17.4 Å². The van der Waals surface area contributed by atoms with Crippen LogP contribution in [-0.2, 0) is 5.75 Å². The van der Waals surface area contributed by atoms with E-state index in [0.717, 1.165) is 38.5 Å². The van der Waals surface area contributed by atoms with Gasteiger partial charge in [-0.25, -0.2) is 9.97 Å². The normalized spacial score (nSPS) is 12.4. The first-order valence-electron chi connectivity index (χ1n) is 9.73. The van der Waals surface area contributed by atoms with Gasteiger partial charge in [-0.3, -0.25) is 10.1 Å². The molecule has 0 aliphatic carbocycles. The third-order valence-electron chi connectivity index (χ3n) is 5.15. The van der Waals surface area contributed by atoms with Gasteiger partial charge in [-0.1, -0.05) is 42.5 Å². The highest BCUT2D eigenvalue weighted by Gasteiger charge is 2.22. The molecular weight excluding hydrogens is 442 g/mol. The van der Waals surface area contributed by atoms with Crippen LogP contribution in [0.15, 0.2) is 77.0 Å². The van der Waals surface area contributed by atoms with Gasteiger partial charge in [0.15, 0.2) is 5.13 Å². The average molecular weight is 458 g/mol. The number of hydrogen-bond acceptors (Lipinski definition) is 6. The highest BCUT2D eigenvalue weighted by Crippen LogP contribution is 2.44. The van der Waals surface area contributed by atoms with Crippen molar-refractivity contribution in [3.63, 3.8) is 0 Å². The molecule has 1 aliphatic heterocycles. The Kier molecular flexibility index (Phi) is 4.60. The minimum absolute atomic E-state index is 0.163. The summed E-state index contributed by atoms with van der Waals surface area (Å²) < 4.78 is 0. The van der Waals surface area contributed by atoms with Crippen LogP contribution in [0.3, 0.4) is 0 Å². The molecule has 150 valence electrons. The molecule has 6 rings (SSSR count). The van der Waals surface area contributed by atoms with Crippen molar-refractivity contribution in [2.45, 2.75) is 10.6 Å². The lowest BCUT2D eigenvalue weighted by Crippen LogP contribution is -2.13. The highest BCUT2D eigenvalue weighted by molar-refractivity contribution is 7.98. The van der Waals surface area contributed by atoms with Gasteiger partial charge in [0.05, 0.1) is 27.3 Å². The summed E-state index contributed by atoms with van der Waals surface area (Å²) in [5.74, 6) is 0.712. The molecule has 0 unspecified atom stereocenters. The van der Waals surface area contributed by atoms with Crippen molar-refractivity contribution in [1.82, 2.24) is 9.97 Å². The number of thiazole rings is 1. The first-order valence-corrected chi connectivity index (χ1v) is 12.4. The van der Waals surface area contributed by atoms with Crippen LogP contribution in [0, 0.1) is 0 Å². The number of hydrogen-bond donors (Lipinski definition) is 1. The summed E-state index contributed by atoms with van der Waals surface area (Å²) in [6, 6.07) is 21.9. The second kappa shape index (κ2) is 7.60. The first kappa shape index (κ1) is 18.7. The Balaban J connectivity index is 1.39. The van der Waals surface area contributed by atoms with Gasteiger partial charge in [-0.05, 0) is 29.6 Å². The molecule has 3 aromatic heterocycles. The largest absolute Gasteiger partial charge is 0.298 e. The maximum atomic E-state index is 13.3. The van der Waals surface area contributed by atoms with E-state index in [1.807, 2.05) is 71.7 Å². The van der Waals surface area contributed by atoms with Gasteiger partial charge < -0.3 is 0 Å². The van der Waals surface area contributed by atoms with Gasteiger partial charge in [-0.2, -0.15) is 0 Å². The fourth-order valence-electron chi connectivity index (χ4n) is 3.72. The summed E-state index contributed by atoms with van der Waals surface area (Å²) in [4.78, 5) is 26.3. The lowest BCUT2D eigenvalue weighted by molar-refractivity contribution is 0.102. The van der Waals surface area contributed by atoms with Crippen LogP contribution in [-0.4, -0.2) is 15.9 Å². The third-order valence-corrected chi connectivity index (χ3v) is 8.30. The van der Waals surface area contributed by atoms with Crippen LogP contribution in [0.25, 0.3) is 32.7 Å². The number of para-hydroxylation sites is 1. The summed E-state index contributed by atoms with van der Waals surface area (Å²) in [6.07, 6.45) is 0. The molecule has 4 heterocycles. The molecule has 1 N–H and O–H groups in total. The number of nitrogens with one attached hydrogen (secondary N) is 1. The number of thiophene rings is 1. The molecule has 0 atom stereocenters. The average Bonchev–Trinajstić information content (AvgIpc) is 3.48. The summed E-state index contributed by atoms with van der Waals surface area (Å²) >= 11 is 4.98. The number of anilines is 1. The Morgan fingerprint density at radius 3 is 2.74 bits per heavy atom. The zero-order chi connectivity index (χ0) is 20.8. The SMILES string of the molecule is O=C(Nc1nc2c(s1)CSc1ccccc1-2)c1cc(-c2cccs2)nc2ccccc12. The van der Waals surface area contributed by atoms with Crippen LogP contribution < -0.4 is 5.32 Å². The van der Waals surface area contributed by atoms with Crippen LogP contribution in [0.1, 0.15) is 15.2 Å². The zero-order valence-electron chi connectivity index (χ0n) is 16.2. The maximum Gasteiger partial charge on any atom is 0.258 e. The van der Waals surface area contributed by atoms with E-state index >= 15 is 0 Å². The third kappa shape index (κ3) is 3.35. The quantitative estimate of drug-likeness (QED) is 0.319. The fraction of sp³-hybridized carbons (Fsp3) is 0.0417. The Morgan fingerprint density at radius 1 is 0.968 bits per heavy atom. The summed E-state index contributed by atoms with van der Waals surface area (Å²) in [7, 11) is 0. The Hall–Kier alpha value is -3.00. The number of carbonyl (C=O) groups excluding carboxylic acids is 1. The number of fused-ring (bicyclic) bond motifs is 4. The van der Waals surface area contributed by atoms with Gasteiger partial charge in [0.25, 0.3) is 5.91 Å². The van der Waals surface area contributed by atoms with Crippen molar-refractivity contribution < 1.29 is 4.79 Å². The van der Waals surface area contributed by atoms with E-state index in [-0.39, 0.29) is 5.91 Å². The van der Waals surface area contributed by atoms with Gasteiger partial charge in [-0.15, -0.1) is 34.4 Å². The van der Waals surface area contributed by atoms with Crippen LogP contribution in [0.5, 0.6) is 0 Å². The van der Waals surface area contributed by atoms with Crippen LogP contribution in [0.4, 0.5) is 5.13 Å². The number of carbonyl (C=O) groups is 1. The molecule has 2 aromatic carbocycles. The lowest BCUT2D eigenvalue weighted by atomic mass is 10.1. The minimum Gasteiger partial charge on any atom is -0.298 e. The van der Waals surface area contributed by atoms with Gasteiger partial charge >= 0.3 is 0 Å². The minimum atomic E-state index is -0.163. The summed E-state index contributed by atoms with van der Waals surface area (Å²) in [5, 5.41) is 6.53. The van der Waals surface area contributed by atoms with E-state index in [4.69, 9.17) is 9.97 Å². The Morgan fingerprint density at radius 2 is 1.84 bits per heavy atom. The van der Waals surface area contributed by atoms with Crippen LogP contribution in [0.2, 0.25) is 0 Å². The van der Waals surface area contributed by atoms with E-state index in [1.165, 1.54) is 9.77 Å². The second-order valence-corrected chi connectivity index (χ2v) is 10.1. The zero-order valence-corrected chi connectivity index (χ0v) is 18.6. The smallest absolute Gasteiger partial charge is 0.258 e. The van der Waals surface area contributed by atoms with E-state index in [9.17, 15) is 4.79 Å². The van der Waals surface area contributed by atoms with Gasteiger partial charge in [0.1, 0.15) is 0 Å². The van der Waals surface area contributed by atoms with E-state index in [0.29, 0.717) is 10.7 Å². The molecule has 0 radical (unpaired) electrons. The molecule has 5 aromatic rings. The molecule has 0 bridgehead atoms. The van der Waals surface area contributed by atoms with Crippen molar-refractivity contribution in [1.29, 1.82) is 0 Å². The first-order chi connectivity index (χ1) is 15.3. The molecule has 4 nitrogen and oxygen atoms in total. The van der Waals surface area contributed by atoms with Gasteiger partial charge in [0, 0.05) is 26.5 Å². The lowest BCUT2D eigenvalue weighted by Gasteiger charge is -2.13. The number of thioether (sulfide) groups is 1. The van der Waals surface area contributed by atoms with Crippen molar-refractivity contribution in [2.75, 3.05) is 5.32 Å². The predicted molar refractivity (Wildman–Crippen MR) is 130 cm³/mol. The second-order valence-electron chi connectivity index (χ2n) is 7.08. The molecule has 0 saturated carbocycles. The predicted octanol–water partition coefficient (Wildman–Crippen LogP) is 6.94. The Bertz CT molecular complexity index is 1440.